The van der Waals surface area contributed by atoms with E-state index < -0.39 is 0 Å². The van der Waals surface area contributed by atoms with Crippen molar-refractivity contribution in [3.8, 4) is 6.07 Å². The van der Waals surface area contributed by atoms with Crippen molar-refractivity contribution in [2.45, 2.75) is 6.42 Å². The van der Waals surface area contributed by atoms with Crippen LogP contribution >= 0.6 is 0 Å². The number of aryl methyl sites for hydroxylation is 1. The van der Waals surface area contributed by atoms with E-state index in [0.717, 1.165) is 31.7 Å². The SMILES string of the molecule is Cn1cc(C(=O)N2CCCN(c3ccc(C#N)cc3)CC2)cn1. The fourth-order valence-corrected chi connectivity index (χ4v) is 2.84. The highest BCUT2D eigenvalue weighted by Crippen LogP contribution is 2.18. The molecule has 0 spiro atoms. The summed E-state index contributed by atoms with van der Waals surface area (Å²) < 4.78 is 1.65. The number of carbonyl (C=O) groups is 1. The van der Waals surface area contributed by atoms with Crippen LogP contribution in [0.15, 0.2) is 36.7 Å². The summed E-state index contributed by atoms with van der Waals surface area (Å²) in [7, 11) is 1.81. The van der Waals surface area contributed by atoms with Crippen LogP contribution in [0.1, 0.15) is 22.3 Å². The summed E-state index contributed by atoms with van der Waals surface area (Å²) in [5, 5.41) is 12.9. The largest absolute Gasteiger partial charge is 0.370 e. The molecule has 0 aliphatic carbocycles. The average Bonchev–Trinajstić information content (AvgIpc) is 2.87. The van der Waals surface area contributed by atoms with Crippen LogP contribution in [0.5, 0.6) is 0 Å². The van der Waals surface area contributed by atoms with E-state index in [0.29, 0.717) is 17.7 Å². The molecule has 23 heavy (non-hydrogen) atoms. The average molecular weight is 309 g/mol. The van der Waals surface area contributed by atoms with Crippen molar-refractivity contribution < 1.29 is 4.79 Å². The Morgan fingerprint density at radius 1 is 1.17 bits per heavy atom. The number of hydrogen-bond acceptors (Lipinski definition) is 4. The maximum absolute atomic E-state index is 12.5. The number of nitriles is 1. The number of hydrogen-bond donors (Lipinski definition) is 0. The molecule has 1 amide bonds. The molecule has 1 aromatic heterocycles. The van der Waals surface area contributed by atoms with Gasteiger partial charge in [-0.3, -0.25) is 9.48 Å². The van der Waals surface area contributed by atoms with Gasteiger partial charge >= 0.3 is 0 Å². The number of aromatic nitrogens is 2. The van der Waals surface area contributed by atoms with E-state index in [1.165, 1.54) is 0 Å². The topological polar surface area (TPSA) is 65.2 Å². The second kappa shape index (κ2) is 6.53. The molecule has 2 aromatic rings. The molecule has 6 nitrogen and oxygen atoms in total. The zero-order chi connectivity index (χ0) is 16.2. The summed E-state index contributed by atoms with van der Waals surface area (Å²) in [6.07, 6.45) is 4.29. The Kier molecular flexibility index (Phi) is 4.29. The van der Waals surface area contributed by atoms with Crippen molar-refractivity contribution in [3.05, 3.63) is 47.8 Å². The van der Waals surface area contributed by atoms with Crippen molar-refractivity contribution in [1.82, 2.24) is 14.7 Å². The molecule has 0 unspecified atom stereocenters. The van der Waals surface area contributed by atoms with Crippen molar-refractivity contribution in [1.29, 1.82) is 5.26 Å². The van der Waals surface area contributed by atoms with Crippen molar-refractivity contribution in [2.24, 2.45) is 7.05 Å². The van der Waals surface area contributed by atoms with Crippen LogP contribution in [-0.4, -0.2) is 46.8 Å². The Morgan fingerprint density at radius 3 is 2.61 bits per heavy atom. The quantitative estimate of drug-likeness (QED) is 0.846. The summed E-state index contributed by atoms with van der Waals surface area (Å²) in [4.78, 5) is 16.7. The van der Waals surface area contributed by atoms with E-state index in [1.54, 1.807) is 17.1 Å². The lowest BCUT2D eigenvalue weighted by Gasteiger charge is -2.23. The van der Waals surface area contributed by atoms with Crippen LogP contribution < -0.4 is 4.90 Å². The Hall–Kier alpha value is -2.81. The third-order valence-electron chi connectivity index (χ3n) is 4.10. The van der Waals surface area contributed by atoms with Gasteiger partial charge in [-0.2, -0.15) is 10.4 Å². The number of nitrogens with zero attached hydrogens (tertiary/aromatic N) is 5. The van der Waals surface area contributed by atoms with Crippen LogP contribution in [0.4, 0.5) is 5.69 Å². The van der Waals surface area contributed by atoms with Gasteiger partial charge in [0.05, 0.1) is 23.4 Å². The van der Waals surface area contributed by atoms with Crippen LogP contribution in [-0.2, 0) is 7.05 Å². The minimum absolute atomic E-state index is 0.0415. The predicted octanol–water partition coefficient (Wildman–Crippen LogP) is 1.64. The van der Waals surface area contributed by atoms with Crippen LogP contribution in [0.25, 0.3) is 0 Å². The van der Waals surface area contributed by atoms with E-state index in [1.807, 2.05) is 36.2 Å². The minimum Gasteiger partial charge on any atom is -0.370 e. The van der Waals surface area contributed by atoms with Crippen LogP contribution in [0.2, 0.25) is 0 Å². The van der Waals surface area contributed by atoms with Crippen molar-refractivity contribution in [2.75, 3.05) is 31.1 Å². The standard InChI is InChI=1S/C17H19N5O/c1-20-13-15(12-19-20)17(23)22-8-2-7-21(9-10-22)16-5-3-14(11-18)4-6-16/h3-6,12-13H,2,7-10H2,1H3. The van der Waals surface area contributed by atoms with Crippen molar-refractivity contribution in [3.63, 3.8) is 0 Å². The first-order chi connectivity index (χ1) is 11.2. The highest BCUT2D eigenvalue weighted by atomic mass is 16.2. The van der Waals surface area contributed by atoms with Gasteiger partial charge < -0.3 is 9.80 Å². The van der Waals surface area contributed by atoms with Crippen molar-refractivity contribution >= 4 is 11.6 Å². The Bertz CT molecular complexity index is 728. The van der Waals surface area contributed by atoms with E-state index in [9.17, 15) is 4.79 Å². The Morgan fingerprint density at radius 2 is 1.96 bits per heavy atom. The van der Waals surface area contributed by atoms with Gasteiger partial charge in [0, 0.05) is 45.1 Å². The molecule has 0 saturated carbocycles. The molecule has 0 bridgehead atoms. The number of carbonyl (C=O) groups excluding carboxylic acids is 1. The lowest BCUT2D eigenvalue weighted by Crippen LogP contribution is -2.35. The molecule has 3 rings (SSSR count). The molecule has 0 N–H and O–H groups in total. The first-order valence-corrected chi connectivity index (χ1v) is 7.70. The molecule has 0 atom stereocenters. The number of benzene rings is 1. The summed E-state index contributed by atoms with van der Waals surface area (Å²) in [6.45, 7) is 3.13. The Labute approximate surface area is 135 Å². The van der Waals surface area contributed by atoms with Gasteiger partial charge in [-0.25, -0.2) is 0 Å². The fraction of sp³-hybridized carbons (Fsp3) is 0.353. The van der Waals surface area contributed by atoms with Gasteiger partial charge in [0.2, 0.25) is 0 Å². The normalized spacial score (nSPS) is 15.1. The lowest BCUT2D eigenvalue weighted by molar-refractivity contribution is 0.0767. The molecule has 1 aromatic carbocycles. The highest BCUT2D eigenvalue weighted by Gasteiger charge is 2.21. The maximum atomic E-state index is 12.5. The minimum atomic E-state index is 0.0415. The fourth-order valence-electron chi connectivity index (χ4n) is 2.84. The molecule has 1 saturated heterocycles. The van der Waals surface area contributed by atoms with Gasteiger partial charge in [0.15, 0.2) is 0 Å². The van der Waals surface area contributed by atoms with E-state index >= 15 is 0 Å². The Balaban J connectivity index is 1.67. The molecular weight excluding hydrogens is 290 g/mol. The molecule has 118 valence electrons. The van der Waals surface area contributed by atoms with E-state index in [2.05, 4.69) is 16.1 Å². The van der Waals surface area contributed by atoms with Crippen LogP contribution in [0, 0.1) is 11.3 Å². The summed E-state index contributed by atoms with van der Waals surface area (Å²) in [5.41, 5.74) is 2.40. The summed E-state index contributed by atoms with van der Waals surface area (Å²) in [6, 6.07) is 9.74. The molecule has 1 aliphatic heterocycles. The van der Waals surface area contributed by atoms with Gasteiger partial charge in [0.1, 0.15) is 0 Å². The molecule has 0 radical (unpaired) electrons. The van der Waals surface area contributed by atoms with Gasteiger partial charge in [0.25, 0.3) is 5.91 Å². The monoisotopic (exact) mass is 309 g/mol. The summed E-state index contributed by atoms with van der Waals surface area (Å²) >= 11 is 0. The number of amides is 1. The van der Waals surface area contributed by atoms with E-state index in [-0.39, 0.29) is 5.91 Å². The molecule has 6 heteroatoms. The van der Waals surface area contributed by atoms with E-state index in [4.69, 9.17) is 5.26 Å². The smallest absolute Gasteiger partial charge is 0.257 e. The first kappa shape index (κ1) is 15.1. The molecule has 1 aliphatic rings. The third kappa shape index (κ3) is 3.34. The van der Waals surface area contributed by atoms with Crippen LogP contribution in [0.3, 0.4) is 0 Å². The van der Waals surface area contributed by atoms with Gasteiger partial charge in [-0.1, -0.05) is 0 Å². The molecular formula is C17H19N5O. The zero-order valence-corrected chi connectivity index (χ0v) is 13.1. The predicted molar refractivity (Wildman–Crippen MR) is 87.1 cm³/mol. The molecule has 1 fully saturated rings. The number of rotatable bonds is 2. The first-order valence-electron chi connectivity index (χ1n) is 7.70. The zero-order valence-electron chi connectivity index (χ0n) is 13.1. The third-order valence-corrected chi connectivity index (χ3v) is 4.10. The maximum Gasteiger partial charge on any atom is 0.257 e. The molecule has 2 heterocycles. The number of anilines is 1. The second-order valence-electron chi connectivity index (χ2n) is 5.69. The van der Waals surface area contributed by atoms with Gasteiger partial charge in [-0.15, -0.1) is 0 Å². The highest BCUT2D eigenvalue weighted by molar-refractivity contribution is 5.93. The lowest BCUT2D eigenvalue weighted by atomic mass is 10.2. The van der Waals surface area contributed by atoms with Gasteiger partial charge in [-0.05, 0) is 30.7 Å². The summed E-state index contributed by atoms with van der Waals surface area (Å²) in [5.74, 6) is 0.0415. The second-order valence-corrected chi connectivity index (χ2v) is 5.69.